The van der Waals surface area contributed by atoms with Gasteiger partial charge < -0.3 is 9.84 Å². The van der Waals surface area contributed by atoms with E-state index in [1.807, 2.05) is 24.3 Å². The SMILES string of the molecule is CC(C)C1CCCN1Cc1ccc(COc2ccc(CCC(=O)O)cc2)cc1. The van der Waals surface area contributed by atoms with Gasteiger partial charge in [0.2, 0.25) is 0 Å². The van der Waals surface area contributed by atoms with E-state index in [4.69, 9.17) is 9.84 Å². The van der Waals surface area contributed by atoms with Crippen molar-refractivity contribution in [3.8, 4) is 5.75 Å². The summed E-state index contributed by atoms with van der Waals surface area (Å²) in [6, 6.07) is 17.1. The maximum atomic E-state index is 10.6. The molecule has 150 valence electrons. The molecule has 0 radical (unpaired) electrons. The topological polar surface area (TPSA) is 49.8 Å². The third-order valence-corrected chi connectivity index (χ3v) is 5.55. The average Bonchev–Trinajstić information content (AvgIpc) is 3.15. The molecule has 28 heavy (non-hydrogen) atoms. The zero-order chi connectivity index (χ0) is 19.9. The van der Waals surface area contributed by atoms with E-state index < -0.39 is 5.97 Å². The van der Waals surface area contributed by atoms with E-state index in [1.165, 1.54) is 24.9 Å². The van der Waals surface area contributed by atoms with Gasteiger partial charge in [-0.3, -0.25) is 9.69 Å². The summed E-state index contributed by atoms with van der Waals surface area (Å²) in [5.41, 5.74) is 3.53. The van der Waals surface area contributed by atoms with Gasteiger partial charge >= 0.3 is 5.97 Å². The molecule has 1 atom stereocenters. The van der Waals surface area contributed by atoms with Crippen LogP contribution in [0.2, 0.25) is 0 Å². The average molecular weight is 382 g/mol. The summed E-state index contributed by atoms with van der Waals surface area (Å²) in [5, 5.41) is 8.75. The lowest BCUT2D eigenvalue weighted by atomic mass is 10.0. The molecule has 1 unspecified atom stereocenters. The molecule has 4 nitrogen and oxygen atoms in total. The van der Waals surface area contributed by atoms with Crippen molar-refractivity contribution >= 4 is 5.97 Å². The van der Waals surface area contributed by atoms with Gasteiger partial charge in [-0.2, -0.15) is 0 Å². The van der Waals surface area contributed by atoms with Crippen molar-refractivity contribution in [1.82, 2.24) is 4.90 Å². The number of ether oxygens (including phenoxy) is 1. The molecule has 3 rings (SSSR count). The maximum absolute atomic E-state index is 10.6. The zero-order valence-electron chi connectivity index (χ0n) is 16.9. The van der Waals surface area contributed by atoms with Crippen molar-refractivity contribution in [2.24, 2.45) is 5.92 Å². The number of carboxylic acid groups (broad SMARTS) is 1. The highest BCUT2D eigenvalue weighted by molar-refractivity contribution is 5.67. The van der Waals surface area contributed by atoms with Crippen molar-refractivity contribution in [3.63, 3.8) is 0 Å². The van der Waals surface area contributed by atoms with Crippen molar-refractivity contribution in [3.05, 3.63) is 65.2 Å². The molecule has 0 bridgehead atoms. The van der Waals surface area contributed by atoms with Gasteiger partial charge in [-0.15, -0.1) is 0 Å². The van der Waals surface area contributed by atoms with E-state index in [-0.39, 0.29) is 6.42 Å². The quantitative estimate of drug-likeness (QED) is 0.671. The number of carbonyl (C=O) groups is 1. The molecule has 0 spiro atoms. The first-order valence-corrected chi connectivity index (χ1v) is 10.3. The highest BCUT2D eigenvalue weighted by Gasteiger charge is 2.26. The summed E-state index contributed by atoms with van der Waals surface area (Å²) in [6.45, 7) is 7.41. The predicted octanol–water partition coefficient (Wildman–Crippen LogP) is 4.90. The molecule has 1 aliphatic heterocycles. The molecule has 1 N–H and O–H groups in total. The van der Waals surface area contributed by atoms with E-state index in [0.29, 0.717) is 25.0 Å². The van der Waals surface area contributed by atoms with Crippen LogP contribution in [0.5, 0.6) is 5.75 Å². The number of aryl methyl sites for hydroxylation is 1. The third kappa shape index (κ3) is 5.83. The molecule has 2 aromatic rings. The molecule has 4 heteroatoms. The molecule has 1 fully saturated rings. The highest BCUT2D eigenvalue weighted by atomic mass is 16.5. The first-order valence-electron chi connectivity index (χ1n) is 10.3. The number of rotatable bonds is 9. The Labute approximate surface area is 168 Å². The third-order valence-electron chi connectivity index (χ3n) is 5.55. The lowest BCUT2D eigenvalue weighted by Gasteiger charge is -2.27. The Bertz CT molecular complexity index is 752. The van der Waals surface area contributed by atoms with E-state index in [2.05, 4.69) is 43.0 Å². The number of aliphatic carboxylic acids is 1. The van der Waals surface area contributed by atoms with Crippen LogP contribution in [-0.2, 0) is 24.4 Å². The van der Waals surface area contributed by atoms with Gasteiger partial charge in [0.05, 0.1) is 0 Å². The minimum Gasteiger partial charge on any atom is -0.489 e. The van der Waals surface area contributed by atoms with Crippen LogP contribution in [0.15, 0.2) is 48.5 Å². The number of benzene rings is 2. The number of hydrogen-bond donors (Lipinski definition) is 1. The van der Waals surface area contributed by atoms with Crippen LogP contribution in [0, 0.1) is 5.92 Å². The van der Waals surface area contributed by atoms with Gasteiger partial charge in [-0.25, -0.2) is 0 Å². The minimum atomic E-state index is -0.770. The first kappa shape index (κ1) is 20.4. The lowest BCUT2D eigenvalue weighted by Crippen LogP contribution is -2.32. The molecule has 0 amide bonds. The predicted molar refractivity (Wildman–Crippen MR) is 111 cm³/mol. The number of hydrogen-bond acceptors (Lipinski definition) is 3. The second-order valence-corrected chi connectivity index (χ2v) is 8.07. The lowest BCUT2D eigenvalue weighted by molar-refractivity contribution is -0.136. The standard InChI is InChI=1S/C24H31NO3/c1-18(2)23-4-3-15-25(23)16-20-5-7-21(8-6-20)17-28-22-12-9-19(10-13-22)11-14-24(26)27/h5-10,12-13,18,23H,3-4,11,14-17H2,1-2H3,(H,26,27). The van der Waals surface area contributed by atoms with Crippen LogP contribution in [-0.4, -0.2) is 28.6 Å². The van der Waals surface area contributed by atoms with Crippen molar-refractivity contribution in [1.29, 1.82) is 0 Å². The van der Waals surface area contributed by atoms with Gasteiger partial charge in [0, 0.05) is 19.0 Å². The molecule has 0 saturated carbocycles. The summed E-state index contributed by atoms with van der Waals surface area (Å²) in [7, 11) is 0. The first-order chi connectivity index (χ1) is 13.5. The van der Waals surface area contributed by atoms with Crippen LogP contribution < -0.4 is 4.74 Å². The summed E-state index contributed by atoms with van der Waals surface area (Å²) in [5.74, 6) is 0.749. The summed E-state index contributed by atoms with van der Waals surface area (Å²) < 4.78 is 5.87. The van der Waals surface area contributed by atoms with Gasteiger partial charge in [-0.05, 0) is 60.5 Å². The van der Waals surface area contributed by atoms with Crippen molar-refractivity contribution in [2.45, 2.75) is 58.7 Å². The Kier molecular flexibility index (Phi) is 7.10. The normalized spacial score (nSPS) is 17.2. The fraction of sp³-hybridized carbons (Fsp3) is 0.458. The Morgan fingerprint density at radius 2 is 1.71 bits per heavy atom. The zero-order valence-corrected chi connectivity index (χ0v) is 16.9. The van der Waals surface area contributed by atoms with Crippen LogP contribution in [0.25, 0.3) is 0 Å². The monoisotopic (exact) mass is 381 g/mol. The van der Waals surface area contributed by atoms with Crippen LogP contribution >= 0.6 is 0 Å². The summed E-state index contributed by atoms with van der Waals surface area (Å²) in [4.78, 5) is 13.3. The maximum Gasteiger partial charge on any atom is 0.303 e. The second kappa shape index (κ2) is 9.74. The summed E-state index contributed by atoms with van der Waals surface area (Å²) >= 11 is 0. The molecule has 1 heterocycles. The molecule has 2 aromatic carbocycles. The Morgan fingerprint density at radius 1 is 1.07 bits per heavy atom. The van der Waals surface area contributed by atoms with Gasteiger partial charge in [0.25, 0.3) is 0 Å². The number of nitrogens with zero attached hydrogens (tertiary/aromatic N) is 1. The number of carboxylic acids is 1. The fourth-order valence-corrected chi connectivity index (χ4v) is 3.95. The number of likely N-dealkylation sites (tertiary alicyclic amines) is 1. The second-order valence-electron chi connectivity index (χ2n) is 8.07. The Balaban J connectivity index is 1.48. The van der Waals surface area contributed by atoms with Crippen molar-refractivity contribution < 1.29 is 14.6 Å². The minimum absolute atomic E-state index is 0.155. The largest absolute Gasteiger partial charge is 0.489 e. The van der Waals surface area contributed by atoms with Crippen LogP contribution in [0.4, 0.5) is 0 Å². The van der Waals surface area contributed by atoms with E-state index in [1.54, 1.807) is 0 Å². The molecule has 0 aromatic heterocycles. The van der Waals surface area contributed by atoms with Gasteiger partial charge in [0.15, 0.2) is 0 Å². The van der Waals surface area contributed by atoms with E-state index >= 15 is 0 Å². The van der Waals surface area contributed by atoms with E-state index in [9.17, 15) is 4.79 Å². The van der Waals surface area contributed by atoms with E-state index in [0.717, 1.165) is 23.4 Å². The van der Waals surface area contributed by atoms with Gasteiger partial charge in [-0.1, -0.05) is 50.2 Å². The van der Waals surface area contributed by atoms with Crippen LogP contribution in [0.1, 0.15) is 49.8 Å². The molecule has 1 aliphatic rings. The summed E-state index contributed by atoms with van der Waals surface area (Å²) in [6.07, 6.45) is 3.33. The van der Waals surface area contributed by atoms with Crippen LogP contribution in [0.3, 0.4) is 0 Å². The molecular weight excluding hydrogens is 350 g/mol. The smallest absolute Gasteiger partial charge is 0.303 e. The van der Waals surface area contributed by atoms with Crippen molar-refractivity contribution in [2.75, 3.05) is 6.54 Å². The Morgan fingerprint density at radius 3 is 2.36 bits per heavy atom. The molecular formula is C24H31NO3. The molecule has 0 aliphatic carbocycles. The van der Waals surface area contributed by atoms with Gasteiger partial charge in [0.1, 0.15) is 12.4 Å². The molecule has 1 saturated heterocycles. The highest BCUT2D eigenvalue weighted by Crippen LogP contribution is 2.25. The Hall–Kier alpha value is -2.33. The fourth-order valence-electron chi connectivity index (χ4n) is 3.95.